The van der Waals surface area contributed by atoms with Crippen molar-refractivity contribution in [3.8, 4) is 11.5 Å². The maximum Gasteiger partial charge on any atom is 0.243 e. The zero-order chi connectivity index (χ0) is 19.7. The molecule has 1 fully saturated rings. The molecule has 0 saturated carbocycles. The molecule has 4 rings (SSSR count). The van der Waals surface area contributed by atoms with Crippen molar-refractivity contribution in [2.24, 2.45) is 0 Å². The highest BCUT2D eigenvalue weighted by molar-refractivity contribution is 7.89. The van der Waals surface area contributed by atoms with Crippen LogP contribution in [0.25, 0.3) is 0 Å². The van der Waals surface area contributed by atoms with Crippen molar-refractivity contribution in [1.29, 1.82) is 0 Å². The Morgan fingerprint density at radius 3 is 2.68 bits per heavy atom. The second-order valence-electron chi connectivity index (χ2n) is 6.63. The van der Waals surface area contributed by atoms with Crippen LogP contribution in [0.3, 0.4) is 0 Å². The first kappa shape index (κ1) is 19.0. The number of carbonyl (C=O) groups is 1. The van der Waals surface area contributed by atoms with Gasteiger partial charge in [0.25, 0.3) is 0 Å². The molecular formula is C19H19ClN2O5S. The zero-order valence-corrected chi connectivity index (χ0v) is 16.5. The van der Waals surface area contributed by atoms with Gasteiger partial charge in [0.1, 0.15) is 6.04 Å². The Bertz CT molecular complexity index is 994. The van der Waals surface area contributed by atoms with Gasteiger partial charge in [-0.25, -0.2) is 8.42 Å². The average molecular weight is 423 g/mol. The van der Waals surface area contributed by atoms with E-state index in [1.807, 2.05) is 6.07 Å². The fourth-order valence-electron chi connectivity index (χ4n) is 3.39. The maximum absolute atomic E-state index is 12.9. The van der Waals surface area contributed by atoms with Crippen molar-refractivity contribution in [3.05, 3.63) is 53.1 Å². The van der Waals surface area contributed by atoms with Gasteiger partial charge in [0, 0.05) is 18.1 Å². The number of ether oxygens (including phenoxy) is 2. The number of hydrogen-bond acceptors (Lipinski definition) is 5. The highest BCUT2D eigenvalue weighted by Crippen LogP contribution is 2.32. The summed E-state index contributed by atoms with van der Waals surface area (Å²) in [5, 5.41) is 3.29. The summed E-state index contributed by atoms with van der Waals surface area (Å²) >= 11 is 5.85. The van der Waals surface area contributed by atoms with E-state index in [0.29, 0.717) is 35.9 Å². The van der Waals surface area contributed by atoms with Crippen molar-refractivity contribution < 1.29 is 22.7 Å². The van der Waals surface area contributed by atoms with Gasteiger partial charge < -0.3 is 14.8 Å². The monoisotopic (exact) mass is 422 g/mol. The van der Waals surface area contributed by atoms with E-state index in [1.165, 1.54) is 28.6 Å². The van der Waals surface area contributed by atoms with Gasteiger partial charge in [0.05, 0.1) is 4.90 Å². The van der Waals surface area contributed by atoms with E-state index in [9.17, 15) is 13.2 Å². The summed E-state index contributed by atoms with van der Waals surface area (Å²) in [5.41, 5.74) is 0.850. The van der Waals surface area contributed by atoms with E-state index in [4.69, 9.17) is 21.1 Å². The van der Waals surface area contributed by atoms with Gasteiger partial charge >= 0.3 is 0 Å². The molecule has 2 aromatic carbocycles. The Morgan fingerprint density at radius 2 is 1.89 bits per heavy atom. The van der Waals surface area contributed by atoms with Gasteiger partial charge in [-0.05, 0) is 54.8 Å². The molecular weight excluding hydrogens is 404 g/mol. The molecule has 28 heavy (non-hydrogen) atoms. The number of amides is 1. The summed E-state index contributed by atoms with van der Waals surface area (Å²) in [7, 11) is -3.76. The molecule has 2 aromatic rings. The third-order valence-electron chi connectivity index (χ3n) is 4.83. The molecule has 0 spiro atoms. The summed E-state index contributed by atoms with van der Waals surface area (Å²) < 4.78 is 37.7. The third-order valence-corrected chi connectivity index (χ3v) is 7.00. The lowest BCUT2D eigenvalue weighted by Gasteiger charge is -2.23. The number of hydrogen-bond donors (Lipinski definition) is 1. The molecule has 0 unspecified atom stereocenters. The summed E-state index contributed by atoms with van der Waals surface area (Å²) in [5.74, 6) is 0.998. The van der Waals surface area contributed by atoms with Crippen LogP contribution in [0, 0.1) is 0 Å². The molecule has 2 aliphatic heterocycles. The fraction of sp³-hybridized carbons (Fsp3) is 0.316. The molecule has 9 heteroatoms. The first-order chi connectivity index (χ1) is 13.4. The topological polar surface area (TPSA) is 84.9 Å². The van der Waals surface area contributed by atoms with Crippen LogP contribution in [0.4, 0.5) is 0 Å². The second kappa shape index (κ2) is 7.62. The van der Waals surface area contributed by atoms with Gasteiger partial charge in [-0.3, -0.25) is 4.79 Å². The third kappa shape index (κ3) is 3.67. The predicted molar refractivity (Wildman–Crippen MR) is 103 cm³/mol. The van der Waals surface area contributed by atoms with E-state index in [2.05, 4.69) is 5.32 Å². The van der Waals surface area contributed by atoms with E-state index in [1.54, 1.807) is 12.1 Å². The lowest BCUT2D eigenvalue weighted by molar-refractivity contribution is -0.124. The Kier molecular flexibility index (Phi) is 5.18. The maximum atomic E-state index is 12.9. The zero-order valence-electron chi connectivity index (χ0n) is 14.9. The SMILES string of the molecule is O=C(NCc1ccc2c(c1)OCO2)[C@@H]1CCCN1S(=O)(=O)c1ccc(Cl)cc1. The minimum atomic E-state index is -3.76. The number of benzene rings is 2. The smallest absolute Gasteiger partial charge is 0.243 e. The first-order valence-electron chi connectivity index (χ1n) is 8.89. The van der Waals surface area contributed by atoms with Gasteiger partial charge in [0.15, 0.2) is 11.5 Å². The molecule has 1 N–H and O–H groups in total. The highest BCUT2D eigenvalue weighted by Gasteiger charge is 2.39. The Hall–Kier alpha value is -2.29. The van der Waals surface area contributed by atoms with E-state index in [0.717, 1.165) is 5.56 Å². The number of halogens is 1. The fourth-order valence-corrected chi connectivity index (χ4v) is 5.17. The quantitative estimate of drug-likeness (QED) is 0.800. The minimum Gasteiger partial charge on any atom is -0.454 e. The average Bonchev–Trinajstić information content (AvgIpc) is 3.35. The molecule has 1 atom stereocenters. The molecule has 0 aliphatic carbocycles. The van der Waals surface area contributed by atoms with Crippen LogP contribution in [0.5, 0.6) is 11.5 Å². The molecule has 2 heterocycles. The summed E-state index contributed by atoms with van der Waals surface area (Å²) in [6, 6.07) is 10.7. The normalized spacial score (nSPS) is 19.0. The van der Waals surface area contributed by atoms with Crippen LogP contribution < -0.4 is 14.8 Å². The lowest BCUT2D eigenvalue weighted by Crippen LogP contribution is -2.45. The first-order valence-corrected chi connectivity index (χ1v) is 10.7. The van der Waals surface area contributed by atoms with Crippen molar-refractivity contribution in [1.82, 2.24) is 9.62 Å². The summed E-state index contributed by atoms with van der Waals surface area (Å²) in [6.45, 7) is 0.776. The summed E-state index contributed by atoms with van der Waals surface area (Å²) in [6.07, 6.45) is 1.12. The molecule has 2 aliphatic rings. The number of sulfonamides is 1. The van der Waals surface area contributed by atoms with Gasteiger partial charge in [-0.1, -0.05) is 17.7 Å². The Balaban J connectivity index is 1.45. The van der Waals surface area contributed by atoms with Crippen molar-refractivity contribution in [2.75, 3.05) is 13.3 Å². The van der Waals surface area contributed by atoms with Crippen LogP contribution >= 0.6 is 11.6 Å². The van der Waals surface area contributed by atoms with Crippen LogP contribution in [-0.2, 0) is 21.4 Å². The van der Waals surface area contributed by atoms with Crippen LogP contribution in [0.2, 0.25) is 5.02 Å². The van der Waals surface area contributed by atoms with E-state index >= 15 is 0 Å². The Labute approximate surface area is 168 Å². The number of carbonyl (C=O) groups excluding carboxylic acids is 1. The standard InChI is InChI=1S/C19H19ClN2O5S/c20-14-4-6-15(7-5-14)28(24,25)22-9-1-2-16(22)19(23)21-11-13-3-8-17-18(10-13)27-12-26-17/h3-8,10,16H,1-2,9,11-12H2,(H,21,23)/t16-/m0/s1. The van der Waals surface area contributed by atoms with Crippen molar-refractivity contribution >= 4 is 27.5 Å². The number of nitrogens with one attached hydrogen (secondary N) is 1. The second-order valence-corrected chi connectivity index (χ2v) is 8.96. The molecule has 0 bridgehead atoms. The van der Waals surface area contributed by atoms with E-state index < -0.39 is 16.1 Å². The lowest BCUT2D eigenvalue weighted by atomic mass is 10.2. The number of nitrogens with zero attached hydrogens (tertiary/aromatic N) is 1. The van der Waals surface area contributed by atoms with Crippen molar-refractivity contribution in [2.45, 2.75) is 30.3 Å². The van der Waals surface area contributed by atoms with Gasteiger partial charge in [-0.15, -0.1) is 0 Å². The van der Waals surface area contributed by atoms with E-state index in [-0.39, 0.29) is 24.1 Å². The highest BCUT2D eigenvalue weighted by atomic mass is 35.5. The molecule has 148 valence electrons. The Morgan fingerprint density at radius 1 is 1.14 bits per heavy atom. The van der Waals surface area contributed by atoms with Crippen molar-refractivity contribution in [3.63, 3.8) is 0 Å². The van der Waals surface area contributed by atoms with Crippen LogP contribution in [0.1, 0.15) is 18.4 Å². The molecule has 1 saturated heterocycles. The van der Waals surface area contributed by atoms with Gasteiger partial charge in [0.2, 0.25) is 22.7 Å². The number of fused-ring (bicyclic) bond motifs is 1. The molecule has 1 amide bonds. The predicted octanol–water partition coefficient (Wildman–Crippen LogP) is 2.54. The van der Waals surface area contributed by atoms with Crippen LogP contribution in [0.15, 0.2) is 47.4 Å². The summed E-state index contributed by atoms with van der Waals surface area (Å²) in [4.78, 5) is 12.8. The largest absolute Gasteiger partial charge is 0.454 e. The number of rotatable bonds is 5. The molecule has 0 radical (unpaired) electrons. The van der Waals surface area contributed by atoms with Crippen LogP contribution in [-0.4, -0.2) is 38.0 Å². The molecule has 7 nitrogen and oxygen atoms in total. The van der Waals surface area contributed by atoms with Gasteiger partial charge in [-0.2, -0.15) is 4.31 Å². The molecule has 0 aromatic heterocycles. The minimum absolute atomic E-state index is 0.132.